The molecule has 0 spiro atoms. The molecule has 0 fully saturated rings. The van der Waals surface area contributed by atoms with Gasteiger partial charge >= 0.3 is 16.1 Å². The van der Waals surface area contributed by atoms with Gasteiger partial charge in [0, 0.05) is 6.08 Å². The first-order valence-electron chi connectivity index (χ1n) is 7.31. The molecule has 118 valence electrons. The van der Waals surface area contributed by atoms with E-state index in [9.17, 15) is 13.2 Å². The predicted molar refractivity (Wildman–Crippen MR) is 80.7 cm³/mol. The predicted octanol–water partition coefficient (Wildman–Crippen LogP) is 2.73. The summed E-state index contributed by atoms with van der Waals surface area (Å²) in [7, 11) is -3.93. The third-order valence-corrected chi connectivity index (χ3v) is 4.40. The van der Waals surface area contributed by atoms with E-state index in [1.165, 1.54) is 0 Å². The summed E-state index contributed by atoms with van der Waals surface area (Å²) in [5, 5.41) is 2.10. The summed E-state index contributed by atoms with van der Waals surface area (Å²) in [5.74, 6) is -0.931. The van der Waals surface area contributed by atoms with Crippen LogP contribution in [-0.4, -0.2) is 26.3 Å². The molecule has 0 aromatic heterocycles. The molecule has 0 aromatic rings. The van der Waals surface area contributed by atoms with Crippen LogP contribution in [0.5, 0.6) is 0 Å². The van der Waals surface area contributed by atoms with Crippen molar-refractivity contribution in [3.63, 3.8) is 0 Å². The lowest BCUT2D eigenvalue weighted by Crippen LogP contribution is -2.39. The highest BCUT2D eigenvalue weighted by molar-refractivity contribution is 7.87. The van der Waals surface area contributed by atoms with Crippen molar-refractivity contribution in [1.29, 1.82) is 0 Å². The minimum atomic E-state index is -3.93. The molecule has 0 saturated heterocycles. The van der Waals surface area contributed by atoms with E-state index in [2.05, 4.69) is 23.0 Å². The number of carbonyl (C=O) groups is 1. The van der Waals surface area contributed by atoms with Crippen LogP contribution in [0, 0.1) is 0 Å². The van der Waals surface area contributed by atoms with E-state index < -0.39 is 21.5 Å². The van der Waals surface area contributed by atoms with Crippen molar-refractivity contribution in [2.45, 2.75) is 64.2 Å². The molecule has 0 rings (SSSR count). The zero-order chi connectivity index (χ0) is 15.4. The molecule has 0 aromatic carbocycles. The van der Waals surface area contributed by atoms with Crippen molar-refractivity contribution in [2.75, 3.05) is 6.54 Å². The maximum Gasteiger partial charge on any atom is 0.345 e. The van der Waals surface area contributed by atoms with Crippen LogP contribution >= 0.6 is 0 Å². The summed E-state index contributed by atoms with van der Waals surface area (Å²) in [6, 6.07) is 0. The topological polar surface area (TPSA) is 72.5 Å². The van der Waals surface area contributed by atoms with Crippen LogP contribution in [-0.2, 0) is 19.1 Å². The van der Waals surface area contributed by atoms with E-state index in [1.807, 2.05) is 6.92 Å². The van der Waals surface area contributed by atoms with Crippen molar-refractivity contribution >= 4 is 16.1 Å². The Bertz CT molecular complexity index is 379. The molecule has 1 N–H and O–H groups in total. The van der Waals surface area contributed by atoms with Gasteiger partial charge in [-0.1, -0.05) is 52.5 Å². The Kier molecular flexibility index (Phi) is 10.4. The Balaban J connectivity index is 4.44. The Morgan fingerprint density at radius 3 is 2.40 bits per heavy atom. The minimum absolute atomic E-state index is 0.455. The molecule has 1 atom stereocenters. The van der Waals surface area contributed by atoms with Crippen LogP contribution in [0.3, 0.4) is 0 Å². The monoisotopic (exact) mass is 305 g/mol. The molecule has 0 amide bonds. The van der Waals surface area contributed by atoms with Crippen molar-refractivity contribution in [2.24, 2.45) is 0 Å². The fourth-order valence-corrected chi connectivity index (χ4v) is 2.98. The van der Waals surface area contributed by atoms with Crippen molar-refractivity contribution < 1.29 is 17.4 Å². The van der Waals surface area contributed by atoms with Gasteiger partial charge in [0.2, 0.25) is 0 Å². The maximum absolute atomic E-state index is 12.0. The Morgan fingerprint density at radius 2 is 1.85 bits per heavy atom. The number of rotatable bonds is 12. The second-order valence-electron chi connectivity index (χ2n) is 4.74. The van der Waals surface area contributed by atoms with Gasteiger partial charge in [0.25, 0.3) is 0 Å². The summed E-state index contributed by atoms with van der Waals surface area (Å²) in [6.45, 7) is 7.86. The lowest BCUT2D eigenvalue weighted by Gasteiger charge is -2.17. The van der Waals surface area contributed by atoms with Crippen LogP contribution in [0.1, 0.15) is 58.8 Å². The maximum atomic E-state index is 12.0. The number of hydrogen-bond acceptors (Lipinski definition) is 5. The first-order valence-corrected chi connectivity index (χ1v) is 8.78. The van der Waals surface area contributed by atoms with E-state index >= 15 is 0 Å². The fourth-order valence-electron chi connectivity index (χ4n) is 1.79. The van der Waals surface area contributed by atoms with Crippen LogP contribution in [0.15, 0.2) is 12.7 Å². The molecule has 6 heteroatoms. The largest absolute Gasteiger partial charge is 0.345 e. The third-order valence-electron chi connectivity index (χ3n) is 2.91. The molecule has 0 aliphatic rings. The molecule has 0 bridgehead atoms. The van der Waals surface area contributed by atoms with Crippen molar-refractivity contribution in [3.8, 4) is 0 Å². The van der Waals surface area contributed by atoms with Gasteiger partial charge in [-0.25, -0.2) is 4.79 Å². The van der Waals surface area contributed by atoms with Crippen LogP contribution < -0.4 is 5.32 Å². The second-order valence-corrected chi connectivity index (χ2v) is 6.47. The average Bonchev–Trinajstić information content (AvgIpc) is 2.41. The fraction of sp³-hybridized carbons (Fsp3) is 0.786. The number of unbranched alkanes of at least 4 members (excludes halogenated alkanes) is 4. The lowest BCUT2D eigenvalue weighted by molar-refractivity contribution is -0.128. The smallest absolute Gasteiger partial charge is 0.341 e. The quantitative estimate of drug-likeness (QED) is 0.341. The molecular formula is C14H27NO4S. The van der Waals surface area contributed by atoms with Gasteiger partial charge in [-0.05, 0) is 19.4 Å². The van der Waals surface area contributed by atoms with E-state index in [4.69, 9.17) is 0 Å². The summed E-state index contributed by atoms with van der Waals surface area (Å²) >= 11 is 0. The first kappa shape index (κ1) is 19.1. The second kappa shape index (κ2) is 10.9. The lowest BCUT2D eigenvalue weighted by atomic mass is 10.1. The van der Waals surface area contributed by atoms with Crippen molar-refractivity contribution in [3.05, 3.63) is 12.7 Å². The van der Waals surface area contributed by atoms with Crippen LogP contribution in [0.25, 0.3) is 0 Å². The van der Waals surface area contributed by atoms with Gasteiger partial charge in [0.1, 0.15) is 5.37 Å². The normalized spacial score (nSPS) is 12.9. The number of hydrogen-bond donors (Lipinski definition) is 1. The third kappa shape index (κ3) is 8.32. The van der Waals surface area contributed by atoms with Crippen LogP contribution in [0.2, 0.25) is 0 Å². The SMILES string of the molecule is C=CC(=O)OS(=O)(=O)C(CCCCCCC)NCCC. The first-order chi connectivity index (χ1) is 9.47. The van der Waals surface area contributed by atoms with Crippen molar-refractivity contribution in [1.82, 2.24) is 5.32 Å². The van der Waals surface area contributed by atoms with Gasteiger partial charge < -0.3 is 4.18 Å². The summed E-state index contributed by atoms with van der Waals surface area (Å²) in [6.07, 6.45) is 7.32. The van der Waals surface area contributed by atoms with Gasteiger partial charge in [0.15, 0.2) is 0 Å². The Hall–Kier alpha value is -0.880. The standard InChI is InChI=1S/C14H27NO4S/c1-4-7-8-9-10-11-13(15-12-5-2)20(17,18)19-14(16)6-3/h6,13,15H,3-5,7-12H2,1-2H3. The average molecular weight is 305 g/mol. The van der Waals surface area contributed by atoms with E-state index in [0.29, 0.717) is 13.0 Å². The zero-order valence-electron chi connectivity index (χ0n) is 12.6. The van der Waals surface area contributed by atoms with E-state index in [0.717, 1.165) is 44.6 Å². The number of nitrogens with one attached hydrogen (secondary N) is 1. The summed E-state index contributed by atoms with van der Waals surface area (Å²) < 4.78 is 28.4. The summed E-state index contributed by atoms with van der Waals surface area (Å²) in [5.41, 5.74) is 0. The van der Waals surface area contributed by atoms with Gasteiger partial charge in [-0.3, -0.25) is 5.32 Å². The molecule has 0 saturated carbocycles. The summed E-state index contributed by atoms with van der Waals surface area (Å²) in [4.78, 5) is 11.1. The molecule has 20 heavy (non-hydrogen) atoms. The minimum Gasteiger partial charge on any atom is -0.341 e. The highest BCUT2D eigenvalue weighted by atomic mass is 32.2. The van der Waals surface area contributed by atoms with E-state index in [-0.39, 0.29) is 0 Å². The Labute approximate surface area is 122 Å². The van der Waals surface area contributed by atoms with Crippen LogP contribution in [0.4, 0.5) is 0 Å². The Morgan fingerprint density at radius 1 is 1.20 bits per heavy atom. The molecule has 5 nitrogen and oxygen atoms in total. The van der Waals surface area contributed by atoms with Gasteiger partial charge in [-0.15, -0.1) is 0 Å². The molecule has 0 aliphatic heterocycles. The molecule has 0 radical (unpaired) electrons. The zero-order valence-corrected chi connectivity index (χ0v) is 13.4. The molecule has 1 unspecified atom stereocenters. The highest BCUT2D eigenvalue weighted by Gasteiger charge is 2.27. The highest BCUT2D eigenvalue weighted by Crippen LogP contribution is 2.13. The van der Waals surface area contributed by atoms with Gasteiger partial charge in [0.05, 0.1) is 0 Å². The molecule has 0 aliphatic carbocycles. The molecular weight excluding hydrogens is 278 g/mol. The van der Waals surface area contributed by atoms with Gasteiger partial charge in [-0.2, -0.15) is 8.42 Å². The van der Waals surface area contributed by atoms with E-state index in [1.54, 1.807) is 0 Å². The number of carbonyl (C=O) groups excluding carboxylic acids is 1. The molecule has 0 heterocycles.